The Kier molecular flexibility index (Phi) is 4.97. The highest BCUT2D eigenvalue weighted by Gasteiger charge is 2.34. The fraction of sp³-hybridized carbons (Fsp3) is 0.444. The molecule has 3 rings (SSSR count). The minimum Gasteiger partial charge on any atom is -0.497 e. The predicted molar refractivity (Wildman–Crippen MR) is 94.7 cm³/mol. The number of hydrogen-bond acceptors (Lipinski definition) is 4. The van der Waals surface area contributed by atoms with E-state index in [4.69, 9.17) is 4.74 Å². The van der Waals surface area contributed by atoms with E-state index in [1.807, 2.05) is 24.5 Å². The summed E-state index contributed by atoms with van der Waals surface area (Å²) in [5.41, 5.74) is 1.38. The van der Waals surface area contributed by atoms with Crippen LogP contribution in [0, 0.1) is 0 Å². The second kappa shape index (κ2) is 6.97. The molecule has 0 amide bonds. The number of ether oxygens (including phenoxy) is 1. The van der Waals surface area contributed by atoms with Crippen molar-refractivity contribution in [2.24, 2.45) is 0 Å². The van der Waals surface area contributed by atoms with Gasteiger partial charge in [0.2, 0.25) is 0 Å². The molecule has 4 nitrogen and oxygen atoms in total. The van der Waals surface area contributed by atoms with Crippen LogP contribution in [0.5, 0.6) is 5.75 Å². The van der Waals surface area contributed by atoms with Crippen LogP contribution in [0.2, 0.25) is 0 Å². The monoisotopic (exact) mass is 375 g/mol. The minimum atomic E-state index is 0.223. The van der Waals surface area contributed by atoms with E-state index in [1.54, 1.807) is 7.11 Å². The zero-order valence-corrected chi connectivity index (χ0v) is 15.3. The van der Waals surface area contributed by atoms with Crippen molar-refractivity contribution in [1.82, 2.24) is 14.9 Å². The molecule has 2 heterocycles. The van der Waals surface area contributed by atoms with Gasteiger partial charge in [0, 0.05) is 25.0 Å². The maximum absolute atomic E-state index is 5.25. The SMILES string of the molecule is COc1ccc(C2CC(C)N(C(C)c3ncc(Br)cn3)C2)cc1. The predicted octanol–water partition coefficient (Wildman–Crippen LogP) is 4.19. The summed E-state index contributed by atoms with van der Waals surface area (Å²) in [7, 11) is 1.70. The summed E-state index contributed by atoms with van der Waals surface area (Å²) in [4.78, 5) is 11.4. The van der Waals surface area contributed by atoms with Gasteiger partial charge in [-0.2, -0.15) is 0 Å². The average molecular weight is 376 g/mol. The molecular formula is C18H22BrN3O. The van der Waals surface area contributed by atoms with E-state index in [1.165, 1.54) is 5.56 Å². The van der Waals surface area contributed by atoms with E-state index in [-0.39, 0.29) is 6.04 Å². The molecule has 0 radical (unpaired) electrons. The van der Waals surface area contributed by atoms with E-state index in [0.717, 1.165) is 29.0 Å². The third kappa shape index (κ3) is 3.56. The Morgan fingerprint density at radius 1 is 1.22 bits per heavy atom. The molecule has 0 saturated carbocycles. The standard InChI is InChI=1S/C18H22BrN3O/c1-12-8-15(14-4-6-17(23-3)7-5-14)11-22(12)13(2)18-20-9-16(19)10-21-18/h4-7,9-10,12-13,15H,8,11H2,1-3H3. The Hall–Kier alpha value is -1.46. The average Bonchev–Trinajstić information content (AvgIpc) is 2.97. The third-order valence-corrected chi connectivity index (χ3v) is 5.13. The fourth-order valence-corrected chi connectivity index (χ4v) is 3.60. The van der Waals surface area contributed by atoms with Crippen LogP contribution in [0.4, 0.5) is 0 Å². The zero-order valence-electron chi connectivity index (χ0n) is 13.7. The van der Waals surface area contributed by atoms with Crippen LogP contribution in [0.15, 0.2) is 41.1 Å². The lowest BCUT2D eigenvalue weighted by Crippen LogP contribution is -2.31. The molecule has 3 atom stereocenters. The van der Waals surface area contributed by atoms with Crippen molar-refractivity contribution in [3.05, 3.63) is 52.5 Å². The van der Waals surface area contributed by atoms with Crippen LogP contribution in [-0.2, 0) is 0 Å². The van der Waals surface area contributed by atoms with Gasteiger partial charge in [-0.1, -0.05) is 12.1 Å². The molecule has 5 heteroatoms. The summed E-state index contributed by atoms with van der Waals surface area (Å²) in [5, 5.41) is 0. The summed E-state index contributed by atoms with van der Waals surface area (Å²) in [6, 6.07) is 9.19. The van der Waals surface area contributed by atoms with Crippen molar-refractivity contribution in [3.63, 3.8) is 0 Å². The molecular weight excluding hydrogens is 354 g/mol. The largest absolute Gasteiger partial charge is 0.497 e. The molecule has 0 spiro atoms. The first kappa shape index (κ1) is 16.4. The number of rotatable bonds is 4. The van der Waals surface area contributed by atoms with Crippen LogP contribution >= 0.6 is 15.9 Å². The summed E-state index contributed by atoms with van der Waals surface area (Å²) >= 11 is 3.39. The van der Waals surface area contributed by atoms with Gasteiger partial charge in [0.1, 0.15) is 11.6 Å². The number of hydrogen-bond donors (Lipinski definition) is 0. The van der Waals surface area contributed by atoms with Gasteiger partial charge >= 0.3 is 0 Å². The fourth-order valence-electron chi connectivity index (χ4n) is 3.40. The molecule has 1 aromatic carbocycles. The van der Waals surface area contributed by atoms with Gasteiger partial charge in [-0.25, -0.2) is 9.97 Å². The molecule has 0 bridgehead atoms. The maximum atomic E-state index is 5.25. The lowest BCUT2D eigenvalue weighted by molar-refractivity contribution is 0.195. The summed E-state index contributed by atoms with van der Waals surface area (Å²) < 4.78 is 6.16. The van der Waals surface area contributed by atoms with Gasteiger partial charge in [-0.3, -0.25) is 4.90 Å². The van der Waals surface area contributed by atoms with E-state index in [0.29, 0.717) is 12.0 Å². The van der Waals surface area contributed by atoms with Crippen LogP contribution in [-0.4, -0.2) is 34.6 Å². The second-order valence-corrected chi connectivity index (χ2v) is 7.10. The van der Waals surface area contributed by atoms with E-state index >= 15 is 0 Å². The van der Waals surface area contributed by atoms with Crippen molar-refractivity contribution in [2.75, 3.05) is 13.7 Å². The second-order valence-electron chi connectivity index (χ2n) is 6.19. The first-order valence-corrected chi connectivity index (χ1v) is 8.75. The highest BCUT2D eigenvalue weighted by atomic mass is 79.9. The van der Waals surface area contributed by atoms with Crippen molar-refractivity contribution < 1.29 is 4.74 Å². The molecule has 2 aromatic rings. The number of nitrogens with zero attached hydrogens (tertiary/aromatic N) is 3. The van der Waals surface area contributed by atoms with E-state index in [9.17, 15) is 0 Å². The Morgan fingerprint density at radius 2 is 1.87 bits per heavy atom. The highest BCUT2D eigenvalue weighted by molar-refractivity contribution is 9.10. The van der Waals surface area contributed by atoms with Gasteiger partial charge in [0.05, 0.1) is 17.6 Å². The Labute approximate surface area is 146 Å². The van der Waals surface area contributed by atoms with Crippen LogP contribution < -0.4 is 4.74 Å². The maximum Gasteiger partial charge on any atom is 0.145 e. The molecule has 1 aromatic heterocycles. The summed E-state index contributed by atoms with van der Waals surface area (Å²) in [6.07, 6.45) is 4.80. The molecule has 23 heavy (non-hydrogen) atoms. The van der Waals surface area contributed by atoms with Crippen molar-refractivity contribution in [3.8, 4) is 5.75 Å². The Bertz CT molecular complexity index is 644. The molecule has 1 saturated heterocycles. The number of benzene rings is 1. The van der Waals surface area contributed by atoms with Gasteiger partial charge in [0.25, 0.3) is 0 Å². The van der Waals surface area contributed by atoms with Crippen molar-refractivity contribution >= 4 is 15.9 Å². The van der Waals surface area contributed by atoms with Crippen molar-refractivity contribution in [2.45, 2.75) is 38.3 Å². The molecule has 3 unspecified atom stereocenters. The number of methoxy groups -OCH3 is 1. The van der Waals surface area contributed by atoms with Gasteiger partial charge in [0.15, 0.2) is 0 Å². The Morgan fingerprint density at radius 3 is 2.48 bits per heavy atom. The molecule has 0 N–H and O–H groups in total. The topological polar surface area (TPSA) is 38.2 Å². The first-order valence-electron chi connectivity index (χ1n) is 7.95. The van der Waals surface area contributed by atoms with Crippen LogP contribution in [0.1, 0.15) is 43.6 Å². The third-order valence-electron chi connectivity index (χ3n) is 4.72. The normalized spacial score (nSPS) is 23.0. The first-order chi connectivity index (χ1) is 11.1. The Balaban J connectivity index is 1.73. The molecule has 0 aliphatic carbocycles. The van der Waals surface area contributed by atoms with Crippen LogP contribution in [0.25, 0.3) is 0 Å². The number of aromatic nitrogens is 2. The number of likely N-dealkylation sites (tertiary alicyclic amines) is 1. The quantitative estimate of drug-likeness (QED) is 0.802. The molecule has 1 fully saturated rings. The smallest absolute Gasteiger partial charge is 0.145 e. The summed E-state index contributed by atoms with van der Waals surface area (Å²) in [5.74, 6) is 2.34. The van der Waals surface area contributed by atoms with Gasteiger partial charge in [-0.05, 0) is 59.8 Å². The molecule has 1 aliphatic rings. The van der Waals surface area contributed by atoms with E-state index < -0.39 is 0 Å². The molecule has 1 aliphatic heterocycles. The lowest BCUT2D eigenvalue weighted by atomic mass is 9.97. The van der Waals surface area contributed by atoms with Gasteiger partial charge < -0.3 is 4.74 Å². The molecule has 122 valence electrons. The highest BCUT2D eigenvalue weighted by Crippen LogP contribution is 2.36. The van der Waals surface area contributed by atoms with E-state index in [2.05, 4.69) is 56.8 Å². The summed E-state index contributed by atoms with van der Waals surface area (Å²) in [6.45, 7) is 5.52. The zero-order chi connectivity index (χ0) is 16.4. The van der Waals surface area contributed by atoms with Gasteiger partial charge in [-0.15, -0.1) is 0 Å². The lowest BCUT2D eigenvalue weighted by Gasteiger charge is -2.27. The number of halogens is 1. The van der Waals surface area contributed by atoms with Crippen LogP contribution in [0.3, 0.4) is 0 Å². The minimum absolute atomic E-state index is 0.223. The van der Waals surface area contributed by atoms with Crippen molar-refractivity contribution in [1.29, 1.82) is 0 Å².